The third kappa shape index (κ3) is 2.68. The average Bonchev–Trinajstić information content (AvgIpc) is 2.75. The molecule has 1 aromatic carbocycles. The molecule has 90 valence electrons. The maximum absolute atomic E-state index is 13.0. The average molecular weight is 235 g/mol. The van der Waals surface area contributed by atoms with Gasteiger partial charge in [0.2, 0.25) is 11.8 Å². The molecule has 2 rings (SSSR count). The maximum atomic E-state index is 13.0. The molecule has 1 heterocycles. The molecular formula is C12H14FN3O. The molecule has 0 unspecified atom stereocenters. The summed E-state index contributed by atoms with van der Waals surface area (Å²) >= 11 is 0. The minimum Gasteiger partial charge on any atom is -0.421 e. The molecule has 4 nitrogen and oxygen atoms in total. The van der Waals surface area contributed by atoms with E-state index >= 15 is 0 Å². The Balaban J connectivity index is 2.24. The van der Waals surface area contributed by atoms with Crippen LogP contribution in [0.25, 0.3) is 11.5 Å². The molecule has 0 spiro atoms. The second kappa shape index (κ2) is 5.05. The maximum Gasteiger partial charge on any atom is 0.248 e. The fraction of sp³-hybridized carbons (Fsp3) is 0.333. The Morgan fingerprint density at radius 2 is 2.18 bits per heavy atom. The number of benzene rings is 1. The van der Waals surface area contributed by atoms with Crippen molar-refractivity contribution in [3.63, 3.8) is 0 Å². The third-order valence-electron chi connectivity index (χ3n) is 2.47. The summed E-state index contributed by atoms with van der Waals surface area (Å²) in [5.41, 5.74) is 1.56. The zero-order chi connectivity index (χ0) is 12.3. The second-order valence-corrected chi connectivity index (χ2v) is 3.81. The first-order chi connectivity index (χ1) is 8.20. The lowest BCUT2D eigenvalue weighted by Crippen LogP contribution is -2.10. The van der Waals surface area contributed by atoms with Crippen LogP contribution in [-0.2, 0) is 6.42 Å². The van der Waals surface area contributed by atoms with Gasteiger partial charge in [-0.05, 0) is 37.7 Å². The number of halogens is 1. The van der Waals surface area contributed by atoms with E-state index < -0.39 is 0 Å². The third-order valence-corrected chi connectivity index (χ3v) is 2.47. The SMILES string of the molecule is CNCCc1nnc(-c2ccc(F)cc2C)o1. The molecule has 17 heavy (non-hydrogen) atoms. The fourth-order valence-corrected chi connectivity index (χ4v) is 1.56. The van der Waals surface area contributed by atoms with Crippen LogP contribution in [0.15, 0.2) is 22.6 Å². The van der Waals surface area contributed by atoms with Crippen molar-refractivity contribution in [1.29, 1.82) is 0 Å². The lowest BCUT2D eigenvalue weighted by Gasteiger charge is -2.00. The van der Waals surface area contributed by atoms with Gasteiger partial charge in [0.05, 0.1) is 0 Å². The molecular weight excluding hydrogens is 221 g/mol. The molecule has 0 bridgehead atoms. The highest BCUT2D eigenvalue weighted by molar-refractivity contribution is 5.57. The lowest BCUT2D eigenvalue weighted by molar-refractivity contribution is 0.499. The highest BCUT2D eigenvalue weighted by atomic mass is 19.1. The van der Waals surface area contributed by atoms with Crippen molar-refractivity contribution in [3.8, 4) is 11.5 Å². The zero-order valence-corrected chi connectivity index (χ0v) is 9.83. The largest absolute Gasteiger partial charge is 0.421 e. The summed E-state index contributed by atoms with van der Waals surface area (Å²) < 4.78 is 18.5. The van der Waals surface area contributed by atoms with Gasteiger partial charge in [-0.15, -0.1) is 10.2 Å². The number of aryl methyl sites for hydroxylation is 1. The molecule has 2 aromatic rings. The Bertz CT molecular complexity index is 510. The molecule has 0 amide bonds. The fourth-order valence-electron chi connectivity index (χ4n) is 1.56. The second-order valence-electron chi connectivity index (χ2n) is 3.81. The molecule has 0 saturated heterocycles. The van der Waals surface area contributed by atoms with Crippen LogP contribution in [0.3, 0.4) is 0 Å². The normalized spacial score (nSPS) is 10.8. The van der Waals surface area contributed by atoms with Gasteiger partial charge in [0.15, 0.2) is 0 Å². The number of likely N-dealkylation sites (N-methyl/N-ethyl adjacent to an activating group) is 1. The molecule has 0 fully saturated rings. The van der Waals surface area contributed by atoms with Crippen LogP contribution in [0.4, 0.5) is 4.39 Å². The van der Waals surface area contributed by atoms with Crippen LogP contribution in [-0.4, -0.2) is 23.8 Å². The Morgan fingerprint density at radius 1 is 1.35 bits per heavy atom. The number of hydrogen-bond acceptors (Lipinski definition) is 4. The van der Waals surface area contributed by atoms with E-state index in [1.807, 2.05) is 14.0 Å². The predicted octanol–water partition coefficient (Wildman–Crippen LogP) is 1.95. The van der Waals surface area contributed by atoms with Gasteiger partial charge in [0.25, 0.3) is 0 Å². The van der Waals surface area contributed by atoms with Gasteiger partial charge in [-0.25, -0.2) is 4.39 Å². The van der Waals surface area contributed by atoms with Crippen molar-refractivity contribution in [1.82, 2.24) is 15.5 Å². The van der Waals surface area contributed by atoms with Crippen molar-refractivity contribution in [2.45, 2.75) is 13.3 Å². The Morgan fingerprint density at radius 3 is 2.88 bits per heavy atom. The van der Waals surface area contributed by atoms with Crippen LogP contribution >= 0.6 is 0 Å². The first-order valence-electron chi connectivity index (χ1n) is 5.44. The van der Waals surface area contributed by atoms with Gasteiger partial charge in [0, 0.05) is 18.5 Å². The smallest absolute Gasteiger partial charge is 0.248 e. The summed E-state index contributed by atoms with van der Waals surface area (Å²) in [5, 5.41) is 10.9. The quantitative estimate of drug-likeness (QED) is 0.880. The van der Waals surface area contributed by atoms with Crippen molar-refractivity contribution in [2.75, 3.05) is 13.6 Å². The monoisotopic (exact) mass is 235 g/mol. The molecule has 0 atom stereocenters. The Hall–Kier alpha value is -1.75. The van der Waals surface area contributed by atoms with Gasteiger partial charge < -0.3 is 9.73 Å². The van der Waals surface area contributed by atoms with Crippen LogP contribution in [0, 0.1) is 12.7 Å². The standard InChI is InChI=1S/C12H14FN3O/c1-8-7-9(13)3-4-10(8)12-16-15-11(17-12)5-6-14-2/h3-4,7,14H,5-6H2,1-2H3. The Kier molecular flexibility index (Phi) is 3.49. The number of rotatable bonds is 4. The van der Waals surface area contributed by atoms with Gasteiger partial charge in [-0.2, -0.15) is 0 Å². The summed E-state index contributed by atoms with van der Waals surface area (Å²) in [6.07, 6.45) is 0.684. The van der Waals surface area contributed by atoms with E-state index in [1.165, 1.54) is 12.1 Å². The summed E-state index contributed by atoms with van der Waals surface area (Å²) in [5.74, 6) is 0.757. The predicted molar refractivity (Wildman–Crippen MR) is 62.1 cm³/mol. The molecule has 5 heteroatoms. The van der Waals surface area contributed by atoms with Gasteiger partial charge >= 0.3 is 0 Å². The number of nitrogens with zero attached hydrogens (tertiary/aromatic N) is 2. The first kappa shape index (κ1) is 11.7. The van der Waals surface area contributed by atoms with Crippen LogP contribution in [0.2, 0.25) is 0 Å². The lowest BCUT2D eigenvalue weighted by atomic mass is 10.1. The van der Waals surface area contributed by atoms with Crippen LogP contribution < -0.4 is 5.32 Å². The van der Waals surface area contributed by atoms with E-state index in [9.17, 15) is 4.39 Å². The molecule has 1 N–H and O–H groups in total. The van der Waals surface area contributed by atoms with Crippen molar-refractivity contribution >= 4 is 0 Å². The van der Waals surface area contributed by atoms with Crippen molar-refractivity contribution < 1.29 is 8.81 Å². The van der Waals surface area contributed by atoms with Crippen LogP contribution in [0.5, 0.6) is 0 Å². The number of hydrogen-bond donors (Lipinski definition) is 1. The van der Waals surface area contributed by atoms with E-state index in [2.05, 4.69) is 15.5 Å². The minimum absolute atomic E-state index is 0.263. The molecule has 0 aliphatic rings. The van der Waals surface area contributed by atoms with Gasteiger partial charge in [0.1, 0.15) is 5.82 Å². The molecule has 0 saturated carbocycles. The van der Waals surface area contributed by atoms with E-state index in [1.54, 1.807) is 6.07 Å². The zero-order valence-electron chi connectivity index (χ0n) is 9.83. The van der Waals surface area contributed by atoms with E-state index in [0.29, 0.717) is 18.2 Å². The Labute approximate surface area is 98.9 Å². The summed E-state index contributed by atoms with van der Waals surface area (Å²) in [7, 11) is 1.86. The van der Waals surface area contributed by atoms with Gasteiger partial charge in [-0.1, -0.05) is 0 Å². The summed E-state index contributed by atoms with van der Waals surface area (Å²) in [6, 6.07) is 4.49. The highest BCUT2D eigenvalue weighted by Gasteiger charge is 2.10. The summed E-state index contributed by atoms with van der Waals surface area (Å²) in [4.78, 5) is 0. The van der Waals surface area contributed by atoms with E-state index in [0.717, 1.165) is 17.7 Å². The molecule has 0 aliphatic heterocycles. The summed E-state index contributed by atoms with van der Waals surface area (Å²) in [6.45, 7) is 2.60. The first-order valence-corrected chi connectivity index (χ1v) is 5.44. The number of aromatic nitrogens is 2. The molecule has 0 radical (unpaired) electrons. The van der Waals surface area contributed by atoms with E-state index in [4.69, 9.17) is 4.42 Å². The van der Waals surface area contributed by atoms with Crippen molar-refractivity contribution in [3.05, 3.63) is 35.5 Å². The van der Waals surface area contributed by atoms with Crippen molar-refractivity contribution in [2.24, 2.45) is 0 Å². The minimum atomic E-state index is -0.263. The van der Waals surface area contributed by atoms with Gasteiger partial charge in [-0.3, -0.25) is 0 Å². The van der Waals surface area contributed by atoms with Crippen LogP contribution in [0.1, 0.15) is 11.5 Å². The topological polar surface area (TPSA) is 51.0 Å². The van der Waals surface area contributed by atoms with E-state index in [-0.39, 0.29) is 5.82 Å². The molecule has 0 aliphatic carbocycles. The number of nitrogens with one attached hydrogen (secondary N) is 1. The highest BCUT2D eigenvalue weighted by Crippen LogP contribution is 2.22. The molecule has 1 aromatic heterocycles.